The fourth-order valence-corrected chi connectivity index (χ4v) is 2.83. The molecule has 0 amide bonds. The van der Waals surface area contributed by atoms with Gasteiger partial charge in [0.05, 0.1) is 12.8 Å². The molecule has 0 aromatic heterocycles. The van der Waals surface area contributed by atoms with Crippen LogP contribution < -0.4 is 16.0 Å². The quantitative estimate of drug-likeness (QED) is 0.682. The molecule has 0 saturated heterocycles. The van der Waals surface area contributed by atoms with E-state index in [1.54, 1.807) is 17.9 Å². The normalized spacial score (nSPS) is 11.0. The van der Waals surface area contributed by atoms with Gasteiger partial charge in [-0.15, -0.1) is 0 Å². The maximum atomic E-state index is 12.4. The van der Waals surface area contributed by atoms with E-state index in [0.717, 1.165) is 14.6 Å². The summed E-state index contributed by atoms with van der Waals surface area (Å²) in [6, 6.07) is 5.55. The van der Waals surface area contributed by atoms with Gasteiger partial charge in [0.1, 0.15) is 5.75 Å². The molecule has 2 heterocycles. The SMILES string of the molecule is CCn1cc(-c2cc(Br)ccc2OC)nc2c(=O)n(C)c(=O)nc1-2. The Labute approximate surface area is 146 Å². The van der Waals surface area contributed by atoms with Crippen LogP contribution in [-0.2, 0) is 13.6 Å². The van der Waals surface area contributed by atoms with Gasteiger partial charge in [0.15, 0.2) is 11.5 Å². The summed E-state index contributed by atoms with van der Waals surface area (Å²) in [5.74, 6) is 0.918. The van der Waals surface area contributed by atoms with Crippen molar-refractivity contribution in [1.29, 1.82) is 0 Å². The van der Waals surface area contributed by atoms with Gasteiger partial charge in [-0.1, -0.05) is 15.9 Å². The first-order valence-corrected chi connectivity index (χ1v) is 8.07. The molecule has 0 spiro atoms. The van der Waals surface area contributed by atoms with Crippen LogP contribution >= 0.6 is 15.9 Å². The van der Waals surface area contributed by atoms with Crippen LogP contribution in [0.25, 0.3) is 22.8 Å². The largest absolute Gasteiger partial charge is 0.496 e. The Bertz CT molecular complexity index is 1010. The second kappa shape index (κ2) is 6.20. The number of methoxy groups -OCH3 is 1. The zero-order valence-electron chi connectivity index (χ0n) is 13.4. The van der Waals surface area contributed by atoms with Crippen molar-refractivity contribution in [3.8, 4) is 28.5 Å². The number of aromatic nitrogens is 4. The van der Waals surface area contributed by atoms with Crippen molar-refractivity contribution in [2.75, 3.05) is 7.11 Å². The molecule has 1 aromatic rings. The molecule has 0 bridgehead atoms. The van der Waals surface area contributed by atoms with E-state index in [-0.39, 0.29) is 11.5 Å². The number of hydrogen-bond acceptors (Lipinski definition) is 5. The molecule has 2 aliphatic rings. The van der Waals surface area contributed by atoms with E-state index in [1.807, 2.05) is 25.1 Å². The lowest BCUT2D eigenvalue weighted by molar-refractivity contribution is 0.416. The molecule has 7 nitrogen and oxygen atoms in total. The zero-order valence-corrected chi connectivity index (χ0v) is 15.0. The Morgan fingerprint density at radius 3 is 2.67 bits per heavy atom. The smallest absolute Gasteiger partial charge is 0.352 e. The van der Waals surface area contributed by atoms with Crippen LogP contribution in [0.5, 0.6) is 5.75 Å². The Morgan fingerprint density at radius 2 is 2.00 bits per heavy atom. The number of benzene rings is 1. The van der Waals surface area contributed by atoms with Crippen molar-refractivity contribution in [1.82, 2.24) is 19.1 Å². The third kappa shape index (κ3) is 2.62. The number of rotatable bonds is 3. The summed E-state index contributed by atoms with van der Waals surface area (Å²) in [5, 5.41) is 0. The second-order valence-electron chi connectivity index (χ2n) is 5.19. The Morgan fingerprint density at radius 1 is 1.25 bits per heavy atom. The van der Waals surface area contributed by atoms with Crippen LogP contribution in [0.1, 0.15) is 6.92 Å². The van der Waals surface area contributed by atoms with Crippen LogP contribution in [-0.4, -0.2) is 26.2 Å². The standard InChI is InChI=1S/C16H15BrN4O3/c1-4-21-8-11(10-7-9(17)5-6-12(10)24-3)18-13-14(21)19-16(23)20(2)15(13)22/h5-8H,4H2,1-3H3. The highest BCUT2D eigenvalue weighted by molar-refractivity contribution is 9.10. The van der Waals surface area contributed by atoms with Gasteiger partial charge in [-0.2, -0.15) is 4.98 Å². The Kier molecular flexibility index (Phi) is 4.23. The lowest BCUT2D eigenvalue weighted by Crippen LogP contribution is -2.36. The molecule has 3 rings (SSSR count). The van der Waals surface area contributed by atoms with Gasteiger partial charge in [-0.05, 0) is 25.1 Å². The van der Waals surface area contributed by atoms with Gasteiger partial charge < -0.3 is 9.30 Å². The third-order valence-electron chi connectivity index (χ3n) is 3.77. The topological polar surface area (TPSA) is 79.0 Å². The number of fused-ring (bicyclic) bond motifs is 1. The van der Waals surface area contributed by atoms with Crippen LogP contribution in [0.4, 0.5) is 0 Å². The number of halogens is 1. The van der Waals surface area contributed by atoms with Crippen molar-refractivity contribution in [3.05, 3.63) is 49.7 Å². The van der Waals surface area contributed by atoms with E-state index in [1.165, 1.54) is 7.05 Å². The Balaban J connectivity index is 2.40. The monoisotopic (exact) mass is 390 g/mol. The van der Waals surface area contributed by atoms with Crippen LogP contribution in [0.2, 0.25) is 0 Å². The minimum absolute atomic E-state index is 0.151. The fraction of sp³-hybridized carbons (Fsp3) is 0.250. The third-order valence-corrected chi connectivity index (χ3v) is 4.26. The molecule has 1 aromatic carbocycles. The zero-order chi connectivity index (χ0) is 17.4. The highest BCUT2D eigenvalue weighted by Gasteiger charge is 2.20. The van der Waals surface area contributed by atoms with Gasteiger partial charge in [-0.25, -0.2) is 9.78 Å². The lowest BCUT2D eigenvalue weighted by atomic mass is 10.1. The molecule has 0 saturated carbocycles. The fourth-order valence-electron chi connectivity index (χ4n) is 2.47. The average molecular weight is 391 g/mol. The summed E-state index contributed by atoms with van der Waals surface area (Å²) in [6.07, 6.45) is 1.76. The van der Waals surface area contributed by atoms with Crippen molar-refractivity contribution < 1.29 is 4.74 Å². The molecule has 8 heteroatoms. The first-order valence-electron chi connectivity index (χ1n) is 7.28. The predicted octanol–water partition coefficient (Wildman–Crippen LogP) is 1.90. The number of hydrogen-bond donors (Lipinski definition) is 0. The molecule has 0 radical (unpaired) electrons. The maximum Gasteiger partial charge on any atom is 0.352 e. The maximum absolute atomic E-state index is 12.4. The summed E-state index contributed by atoms with van der Waals surface area (Å²) in [6.45, 7) is 2.45. The number of aryl methyl sites for hydroxylation is 1. The van der Waals surface area contributed by atoms with E-state index in [4.69, 9.17) is 4.74 Å². The van der Waals surface area contributed by atoms with E-state index in [2.05, 4.69) is 25.9 Å². The molecule has 124 valence electrons. The van der Waals surface area contributed by atoms with Crippen molar-refractivity contribution in [2.24, 2.45) is 7.05 Å². The Hall–Kier alpha value is -2.48. The number of ether oxygens (including phenoxy) is 1. The molecule has 24 heavy (non-hydrogen) atoms. The van der Waals surface area contributed by atoms with Crippen molar-refractivity contribution in [3.63, 3.8) is 0 Å². The summed E-state index contributed by atoms with van der Waals surface area (Å²) in [4.78, 5) is 32.7. The minimum atomic E-state index is -0.593. The summed E-state index contributed by atoms with van der Waals surface area (Å²) >= 11 is 3.43. The average Bonchev–Trinajstić information content (AvgIpc) is 2.59. The molecule has 2 aliphatic heterocycles. The molecule has 0 N–H and O–H groups in total. The van der Waals surface area contributed by atoms with Crippen molar-refractivity contribution >= 4 is 15.9 Å². The van der Waals surface area contributed by atoms with Gasteiger partial charge in [0.25, 0.3) is 5.56 Å². The summed E-state index contributed by atoms with van der Waals surface area (Å²) in [5.41, 5.74) is 0.398. The molecule has 0 aliphatic carbocycles. The van der Waals surface area contributed by atoms with Gasteiger partial charge in [0.2, 0.25) is 0 Å². The lowest BCUT2D eigenvalue weighted by Gasteiger charge is -2.16. The van der Waals surface area contributed by atoms with Gasteiger partial charge in [-0.3, -0.25) is 9.36 Å². The molecule has 0 fully saturated rings. The van der Waals surface area contributed by atoms with Crippen molar-refractivity contribution in [2.45, 2.75) is 13.5 Å². The molecular weight excluding hydrogens is 376 g/mol. The summed E-state index contributed by atoms with van der Waals surface area (Å²) < 4.78 is 8.95. The minimum Gasteiger partial charge on any atom is -0.496 e. The van der Waals surface area contributed by atoms with E-state index >= 15 is 0 Å². The van der Waals surface area contributed by atoms with Crippen LogP contribution in [0, 0.1) is 0 Å². The number of nitrogens with zero attached hydrogens (tertiary/aromatic N) is 4. The van der Waals surface area contributed by atoms with E-state index in [9.17, 15) is 9.59 Å². The van der Waals surface area contributed by atoms with Gasteiger partial charge >= 0.3 is 5.69 Å². The second-order valence-corrected chi connectivity index (χ2v) is 6.10. The summed E-state index contributed by atoms with van der Waals surface area (Å²) in [7, 11) is 2.97. The van der Waals surface area contributed by atoms with Gasteiger partial charge in [0, 0.05) is 29.8 Å². The van der Waals surface area contributed by atoms with E-state index < -0.39 is 11.2 Å². The molecular formula is C16H15BrN4O3. The highest BCUT2D eigenvalue weighted by atomic mass is 79.9. The highest BCUT2D eigenvalue weighted by Crippen LogP contribution is 2.32. The molecule has 0 atom stereocenters. The first-order chi connectivity index (χ1) is 11.5. The van der Waals surface area contributed by atoms with E-state index in [0.29, 0.717) is 18.0 Å². The van der Waals surface area contributed by atoms with Crippen LogP contribution in [0.15, 0.2) is 38.5 Å². The predicted molar refractivity (Wildman–Crippen MR) is 93.5 cm³/mol. The molecule has 0 unspecified atom stereocenters. The first kappa shape index (κ1) is 16.4. The van der Waals surface area contributed by atoms with Crippen LogP contribution in [0.3, 0.4) is 0 Å².